The van der Waals surface area contributed by atoms with Gasteiger partial charge in [0.15, 0.2) is 0 Å². The van der Waals surface area contributed by atoms with E-state index in [1.165, 1.54) is 154 Å². The van der Waals surface area contributed by atoms with Crippen molar-refractivity contribution in [2.24, 2.45) is 0 Å². The number of unbranched alkanes of at least 4 members (excludes halogenated alkanes) is 27. The van der Waals surface area contributed by atoms with Crippen LogP contribution in [0.15, 0.2) is 24.3 Å². The van der Waals surface area contributed by atoms with Crippen molar-refractivity contribution in [2.45, 2.75) is 231 Å². The summed E-state index contributed by atoms with van der Waals surface area (Å²) in [5.74, 6) is -0.515. The molecular formula is C42H81NO4. The van der Waals surface area contributed by atoms with E-state index in [1.807, 2.05) is 6.08 Å². The number of nitrogens with one attached hydrogen (secondary N) is 1. The van der Waals surface area contributed by atoms with Crippen LogP contribution in [0.2, 0.25) is 0 Å². The highest BCUT2D eigenvalue weighted by atomic mass is 16.3. The molecule has 0 aromatic rings. The second kappa shape index (κ2) is 37.6. The number of hydrogen-bond donors (Lipinski definition) is 4. The van der Waals surface area contributed by atoms with Crippen molar-refractivity contribution in [3.8, 4) is 0 Å². The Balaban J connectivity index is 3.65. The van der Waals surface area contributed by atoms with Crippen molar-refractivity contribution in [3.05, 3.63) is 24.3 Å². The lowest BCUT2D eigenvalue weighted by Gasteiger charge is -2.21. The number of aliphatic hydroxyl groups excluding tert-OH is 3. The molecule has 278 valence electrons. The van der Waals surface area contributed by atoms with Gasteiger partial charge >= 0.3 is 0 Å². The number of carbonyl (C=O) groups excluding carboxylic acids is 1. The highest BCUT2D eigenvalue weighted by molar-refractivity contribution is 5.80. The minimum atomic E-state index is -1.10. The van der Waals surface area contributed by atoms with Crippen LogP contribution in [0.5, 0.6) is 0 Å². The molecule has 0 aromatic heterocycles. The molecule has 0 aliphatic carbocycles. The molecule has 0 aromatic carbocycles. The zero-order valence-electron chi connectivity index (χ0n) is 31.4. The molecule has 0 saturated heterocycles. The van der Waals surface area contributed by atoms with Gasteiger partial charge in [-0.1, -0.05) is 205 Å². The van der Waals surface area contributed by atoms with Crippen molar-refractivity contribution in [3.63, 3.8) is 0 Å². The van der Waals surface area contributed by atoms with Crippen molar-refractivity contribution < 1.29 is 20.1 Å². The Hall–Kier alpha value is -1.17. The van der Waals surface area contributed by atoms with Crippen molar-refractivity contribution >= 4 is 5.91 Å². The van der Waals surface area contributed by atoms with E-state index >= 15 is 0 Å². The fourth-order valence-electron chi connectivity index (χ4n) is 6.26. The predicted molar refractivity (Wildman–Crippen MR) is 204 cm³/mol. The fraction of sp³-hybridized carbons (Fsp3) is 0.881. The van der Waals surface area contributed by atoms with Gasteiger partial charge < -0.3 is 20.6 Å². The molecule has 0 bridgehead atoms. The van der Waals surface area contributed by atoms with Crippen molar-refractivity contribution in [1.82, 2.24) is 5.32 Å². The minimum Gasteiger partial charge on any atom is -0.394 e. The zero-order chi connectivity index (χ0) is 34.5. The maximum absolute atomic E-state index is 12.4. The summed E-state index contributed by atoms with van der Waals surface area (Å²) in [5, 5.41) is 32.9. The molecule has 0 fully saturated rings. The molecule has 5 nitrogen and oxygen atoms in total. The van der Waals surface area contributed by atoms with Gasteiger partial charge in [0.2, 0.25) is 5.91 Å². The van der Waals surface area contributed by atoms with Crippen LogP contribution >= 0.6 is 0 Å². The van der Waals surface area contributed by atoms with Crippen LogP contribution in [-0.2, 0) is 4.79 Å². The van der Waals surface area contributed by atoms with Crippen LogP contribution in [-0.4, -0.2) is 46.1 Å². The van der Waals surface area contributed by atoms with E-state index in [4.69, 9.17) is 0 Å². The van der Waals surface area contributed by atoms with Crippen LogP contribution in [0, 0.1) is 0 Å². The summed E-state index contributed by atoms with van der Waals surface area (Å²) in [4.78, 5) is 12.4. The molecule has 1 amide bonds. The Bertz CT molecular complexity index is 694. The average molecular weight is 664 g/mol. The first-order valence-electron chi connectivity index (χ1n) is 20.7. The van der Waals surface area contributed by atoms with E-state index in [1.54, 1.807) is 6.08 Å². The normalized spacial score (nSPS) is 13.9. The fourth-order valence-corrected chi connectivity index (χ4v) is 6.26. The van der Waals surface area contributed by atoms with E-state index in [0.29, 0.717) is 6.42 Å². The lowest BCUT2D eigenvalue weighted by molar-refractivity contribution is -0.131. The monoisotopic (exact) mass is 664 g/mol. The third-order valence-corrected chi connectivity index (χ3v) is 9.54. The number of allylic oxidation sites excluding steroid dienone is 3. The Morgan fingerprint density at radius 1 is 0.511 bits per heavy atom. The molecule has 0 radical (unpaired) electrons. The van der Waals surface area contributed by atoms with E-state index < -0.39 is 24.2 Å². The summed E-state index contributed by atoms with van der Waals surface area (Å²) < 4.78 is 0. The summed E-state index contributed by atoms with van der Waals surface area (Å²) in [6.07, 6.45) is 45.1. The molecule has 0 spiro atoms. The molecule has 5 heteroatoms. The Labute approximate surface area is 292 Å². The Kier molecular flexibility index (Phi) is 36.7. The second-order valence-corrected chi connectivity index (χ2v) is 14.2. The summed E-state index contributed by atoms with van der Waals surface area (Å²) in [6, 6.07) is -0.809. The topological polar surface area (TPSA) is 89.8 Å². The van der Waals surface area contributed by atoms with E-state index in [2.05, 4.69) is 31.3 Å². The third kappa shape index (κ3) is 33.1. The van der Waals surface area contributed by atoms with Gasteiger partial charge in [0.25, 0.3) is 0 Å². The first-order chi connectivity index (χ1) is 23.1. The summed E-state index contributed by atoms with van der Waals surface area (Å²) in [6.45, 7) is 4.14. The molecule has 0 aliphatic rings. The molecular weight excluding hydrogens is 582 g/mol. The molecule has 0 rings (SSSR count). The number of rotatable bonds is 37. The van der Waals surface area contributed by atoms with Gasteiger partial charge in [-0.2, -0.15) is 0 Å². The van der Waals surface area contributed by atoms with Gasteiger partial charge in [-0.25, -0.2) is 0 Å². The van der Waals surface area contributed by atoms with Crippen LogP contribution in [0.3, 0.4) is 0 Å². The summed E-state index contributed by atoms with van der Waals surface area (Å²) in [7, 11) is 0. The zero-order valence-corrected chi connectivity index (χ0v) is 31.4. The molecule has 3 unspecified atom stereocenters. The van der Waals surface area contributed by atoms with Gasteiger partial charge in [-0.05, 0) is 32.1 Å². The standard InChI is InChI=1S/C42H81NO4/c1-3-5-7-9-11-13-14-15-16-17-18-19-20-21-22-23-24-25-26-27-29-30-32-34-36-40(45)39(38-44)43-42(47)41(46)37-35-33-31-28-12-10-8-6-4-2/h27,29,34,36,39-41,44-46H,3-26,28,30-33,35,37-38H2,1-2H3,(H,43,47)/b29-27+,36-34+. The smallest absolute Gasteiger partial charge is 0.249 e. The van der Waals surface area contributed by atoms with Crippen LogP contribution in [0.1, 0.15) is 213 Å². The van der Waals surface area contributed by atoms with Gasteiger partial charge in [0.1, 0.15) is 6.10 Å². The summed E-state index contributed by atoms with van der Waals surface area (Å²) in [5.41, 5.74) is 0. The van der Waals surface area contributed by atoms with E-state index in [9.17, 15) is 20.1 Å². The molecule has 0 heterocycles. The van der Waals surface area contributed by atoms with Crippen LogP contribution in [0.4, 0.5) is 0 Å². The molecule has 0 aliphatic heterocycles. The van der Waals surface area contributed by atoms with Crippen LogP contribution in [0.25, 0.3) is 0 Å². The Morgan fingerprint density at radius 2 is 0.872 bits per heavy atom. The van der Waals surface area contributed by atoms with Crippen molar-refractivity contribution in [2.75, 3.05) is 6.61 Å². The minimum absolute atomic E-state index is 0.374. The van der Waals surface area contributed by atoms with Crippen molar-refractivity contribution in [1.29, 1.82) is 0 Å². The van der Waals surface area contributed by atoms with Crippen LogP contribution < -0.4 is 5.32 Å². The van der Waals surface area contributed by atoms with Gasteiger partial charge in [0, 0.05) is 0 Å². The highest BCUT2D eigenvalue weighted by Crippen LogP contribution is 2.15. The molecule has 0 saturated carbocycles. The SMILES string of the molecule is CCCCCCCCCCCCCCCCCCCC/C=C/CC/C=C/C(O)C(CO)NC(=O)C(O)CCCCCCCCCCC. The Morgan fingerprint density at radius 3 is 1.30 bits per heavy atom. The number of hydrogen-bond acceptors (Lipinski definition) is 4. The quantitative estimate of drug-likeness (QED) is 0.0393. The van der Waals surface area contributed by atoms with Gasteiger partial charge in [-0.15, -0.1) is 0 Å². The number of amides is 1. The second-order valence-electron chi connectivity index (χ2n) is 14.2. The predicted octanol–water partition coefficient (Wildman–Crippen LogP) is 11.4. The lowest BCUT2D eigenvalue weighted by atomic mass is 10.0. The molecule has 47 heavy (non-hydrogen) atoms. The average Bonchev–Trinajstić information content (AvgIpc) is 3.07. The maximum Gasteiger partial charge on any atom is 0.249 e. The van der Waals surface area contributed by atoms with Gasteiger partial charge in [0.05, 0.1) is 18.8 Å². The molecule has 4 N–H and O–H groups in total. The van der Waals surface area contributed by atoms with E-state index in [0.717, 1.165) is 38.5 Å². The van der Waals surface area contributed by atoms with E-state index in [-0.39, 0.29) is 6.61 Å². The number of aliphatic hydroxyl groups is 3. The first kappa shape index (κ1) is 45.8. The molecule has 3 atom stereocenters. The maximum atomic E-state index is 12.4. The van der Waals surface area contributed by atoms with Gasteiger partial charge in [-0.3, -0.25) is 4.79 Å². The number of carbonyl (C=O) groups is 1. The highest BCUT2D eigenvalue weighted by Gasteiger charge is 2.22. The summed E-state index contributed by atoms with van der Waals surface area (Å²) >= 11 is 0. The lowest BCUT2D eigenvalue weighted by Crippen LogP contribution is -2.48. The largest absolute Gasteiger partial charge is 0.394 e. The first-order valence-corrected chi connectivity index (χ1v) is 20.7. The third-order valence-electron chi connectivity index (χ3n) is 9.54.